The van der Waals surface area contributed by atoms with E-state index in [2.05, 4.69) is 0 Å². The van der Waals surface area contributed by atoms with E-state index in [0.29, 0.717) is 23.1 Å². The van der Waals surface area contributed by atoms with Gasteiger partial charge in [-0.2, -0.15) is 0 Å². The number of rotatable bonds is 4. The molecule has 0 unspecified atom stereocenters. The summed E-state index contributed by atoms with van der Waals surface area (Å²) in [4.78, 5) is 14.9. The Balaban J connectivity index is 2.22. The fourth-order valence-electron chi connectivity index (χ4n) is 1.83. The third kappa shape index (κ3) is 3.29. The lowest BCUT2D eigenvalue weighted by Gasteiger charge is -2.20. The second-order valence-electron chi connectivity index (χ2n) is 4.26. The first-order chi connectivity index (χ1) is 9.51. The third-order valence-corrected chi connectivity index (χ3v) is 4.08. The van der Waals surface area contributed by atoms with Gasteiger partial charge in [-0.15, -0.1) is 11.3 Å². The zero-order chi connectivity index (χ0) is 14.7. The quantitative estimate of drug-likeness (QED) is 0.873. The molecular weight excluding hydrogens is 299 g/mol. The topological polar surface area (TPSA) is 46.3 Å². The number of thiophene rings is 1. The molecular formula is C14H14ClFN2OS. The van der Waals surface area contributed by atoms with Gasteiger partial charge in [-0.05, 0) is 37.3 Å². The number of hydrogen-bond donors (Lipinski definition) is 1. The van der Waals surface area contributed by atoms with Crippen molar-refractivity contribution >= 4 is 34.5 Å². The molecule has 0 saturated heterocycles. The molecule has 6 heteroatoms. The number of nitrogen functional groups attached to an aromatic ring is 1. The number of carbonyl (C=O) groups excluding carboxylic acids is 1. The molecule has 0 saturated carbocycles. The zero-order valence-corrected chi connectivity index (χ0v) is 12.5. The van der Waals surface area contributed by atoms with E-state index in [-0.39, 0.29) is 11.5 Å². The summed E-state index contributed by atoms with van der Waals surface area (Å²) in [5.74, 6) is -0.936. The van der Waals surface area contributed by atoms with Gasteiger partial charge in [-0.1, -0.05) is 11.6 Å². The molecule has 0 fully saturated rings. The normalized spacial score (nSPS) is 10.6. The van der Waals surface area contributed by atoms with Crippen molar-refractivity contribution in [3.05, 3.63) is 50.9 Å². The summed E-state index contributed by atoms with van der Waals surface area (Å²) in [7, 11) is 0. The van der Waals surface area contributed by atoms with E-state index in [4.69, 9.17) is 17.3 Å². The first-order valence-electron chi connectivity index (χ1n) is 6.09. The van der Waals surface area contributed by atoms with Gasteiger partial charge in [0.15, 0.2) is 0 Å². The summed E-state index contributed by atoms with van der Waals surface area (Å²) in [6, 6.07) is 7.64. The van der Waals surface area contributed by atoms with E-state index in [9.17, 15) is 9.18 Å². The first-order valence-corrected chi connectivity index (χ1v) is 7.29. The Morgan fingerprint density at radius 2 is 2.15 bits per heavy atom. The Morgan fingerprint density at radius 3 is 2.75 bits per heavy atom. The summed E-state index contributed by atoms with van der Waals surface area (Å²) < 4.78 is 14.4. The van der Waals surface area contributed by atoms with Gasteiger partial charge in [0, 0.05) is 17.1 Å². The summed E-state index contributed by atoms with van der Waals surface area (Å²) in [5, 5.41) is 0. The standard InChI is InChI=1S/C14H14ClFN2OS/c1-2-18(8-10-4-6-13(15)20-10)14(19)11-7-9(17)3-5-12(11)16/h3-7H,2,8,17H2,1H3. The highest BCUT2D eigenvalue weighted by molar-refractivity contribution is 7.16. The maximum atomic E-state index is 13.7. The van der Waals surface area contributed by atoms with Crippen LogP contribution in [0.25, 0.3) is 0 Å². The summed E-state index contributed by atoms with van der Waals surface area (Å²) >= 11 is 7.27. The molecule has 20 heavy (non-hydrogen) atoms. The smallest absolute Gasteiger partial charge is 0.257 e. The minimum atomic E-state index is -0.563. The zero-order valence-electron chi connectivity index (χ0n) is 10.9. The van der Waals surface area contributed by atoms with Crippen LogP contribution < -0.4 is 5.73 Å². The van der Waals surface area contributed by atoms with Crippen LogP contribution in [0.5, 0.6) is 0 Å². The molecule has 0 radical (unpaired) electrons. The molecule has 0 atom stereocenters. The monoisotopic (exact) mass is 312 g/mol. The molecule has 106 valence electrons. The number of nitrogens with two attached hydrogens (primary N) is 1. The van der Waals surface area contributed by atoms with Crippen LogP contribution in [0.3, 0.4) is 0 Å². The average molecular weight is 313 g/mol. The van der Waals surface area contributed by atoms with E-state index in [1.807, 2.05) is 13.0 Å². The molecule has 0 spiro atoms. The lowest BCUT2D eigenvalue weighted by atomic mass is 10.1. The van der Waals surface area contributed by atoms with Gasteiger partial charge in [0.2, 0.25) is 0 Å². The number of carbonyl (C=O) groups is 1. The largest absolute Gasteiger partial charge is 0.399 e. The summed E-state index contributed by atoms with van der Waals surface area (Å²) in [6.07, 6.45) is 0. The number of hydrogen-bond acceptors (Lipinski definition) is 3. The predicted molar refractivity (Wildman–Crippen MR) is 80.6 cm³/mol. The molecule has 0 aliphatic rings. The average Bonchev–Trinajstić information content (AvgIpc) is 2.83. The van der Waals surface area contributed by atoms with E-state index >= 15 is 0 Å². The molecule has 3 nitrogen and oxygen atoms in total. The van der Waals surface area contributed by atoms with Crippen LogP contribution in [0.1, 0.15) is 22.2 Å². The molecule has 1 heterocycles. The number of nitrogens with zero attached hydrogens (tertiary/aromatic N) is 1. The summed E-state index contributed by atoms with van der Waals surface area (Å²) in [6.45, 7) is 2.72. The van der Waals surface area contributed by atoms with Crippen molar-refractivity contribution < 1.29 is 9.18 Å². The minimum absolute atomic E-state index is 0.00509. The summed E-state index contributed by atoms with van der Waals surface area (Å²) in [5.41, 5.74) is 5.97. The van der Waals surface area contributed by atoms with E-state index < -0.39 is 5.82 Å². The number of halogens is 2. The van der Waals surface area contributed by atoms with Gasteiger partial charge >= 0.3 is 0 Å². The molecule has 2 N–H and O–H groups in total. The third-order valence-electron chi connectivity index (χ3n) is 2.87. The van der Waals surface area contributed by atoms with Crippen LogP contribution in [0.4, 0.5) is 10.1 Å². The highest BCUT2D eigenvalue weighted by Crippen LogP contribution is 2.23. The fourth-order valence-corrected chi connectivity index (χ4v) is 2.93. The number of anilines is 1. The molecule has 2 aromatic rings. The lowest BCUT2D eigenvalue weighted by Crippen LogP contribution is -2.30. The minimum Gasteiger partial charge on any atom is -0.399 e. The van der Waals surface area contributed by atoms with E-state index in [0.717, 1.165) is 4.88 Å². The van der Waals surface area contributed by atoms with Crippen molar-refractivity contribution in [1.82, 2.24) is 4.90 Å². The van der Waals surface area contributed by atoms with Crippen LogP contribution in [0.2, 0.25) is 4.34 Å². The van der Waals surface area contributed by atoms with Crippen molar-refractivity contribution in [1.29, 1.82) is 0 Å². The van der Waals surface area contributed by atoms with Gasteiger partial charge in [-0.3, -0.25) is 4.79 Å². The molecule has 0 aliphatic carbocycles. The Hall–Kier alpha value is -1.59. The van der Waals surface area contributed by atoms with Gasteiger partial charge < -0.3 is 10.6 Å². The fraction of sp³-hybridized carbons (Fsp3) is 0.214. The maximum absolute atomic E-state index is 13.7. The molecule has 1 amide bonds. The van der Waals surface area contributed by atoms with Crippen molar-refractivity contribution in [2.24, 2.45) is 0 Å². The Kier molecular flexibility index (Phi) is 4.62. The van der Waals surface area contributed by atoms with Crippen LogP contribution >= 0.6 is 22.9 Å². The van der Waals surface area contributed by atoms with Gasteiger partial charge in [0.1, 0.15) is 5.82 Å². The van der Waals surface area contributed by atoms with Gasteiger partial charge in [-0.25, -0.2) is 4.39 Å². The van der Waals surface area contributed by atoms with Crippen LogP contribution in [-0.2, 0) is 6.54 Å². The molecule has 2 rings (SSSR count). The van der Waals surface area contributed by atoms with Crippen molar-refractivity contribution in [3.8, 4) is 0 Å². The molecule has 1 aromatic carbocycles. The number of amides is 1. The van der Waals surface area contributed by atoms with Crippen molar-refractivity contribution in [3.63, 3.8) is 0 Å². The van der Waals surface area contributed by atoms with E-state index in [1.54, 1.807) is 11.0 Å². The second kappa shape index (κ2) is 6.24. The van der Waals surface area contributed by atoms with Crippen LogP contribution in [0, 0.1) is 5.82 Å². The molecule has 0 aliphatic heterocycles. The SMILES string of the molecule is CCN(Cc1ccc(Cl)s1)C(=O)c1cc(N)ccc1F. The van der Waals surface area contributed by atoms with Gasteiger partial charge in [0.25, 0.3) is 5.91 Å². The Morgan fingerprint density at radius 1 is 1.40 bits per heavy atom. The van der Waals surface area contributed by atoms with Crippen molar-refractivity contribution in [2.45, 2.75) is 13.5 Å². The Labute approximate surface area is 125 Å². The highest BCUT2D eigenvalue weighted by atomic mass is 35.5. The predicted octanol–water partition coefficient (Wildman–Crippen LogP) is 3.79. The Bertz CT molecular complexity index is 629. The maximum Gasteiger partial charge on any atom is 0.257 e. The lowest BCUT2D eigenvalue weighted by molar-refractivity contribution is 0.0749. The van der Waals surface area contributed by atoms with Crippen LogP contribution in [-0.4, -0.2) is 17.4 Å². The number of benzene rings is 1. The first kappa shape index (κ1) is 14.8. The van der Waals surface area contributed by atoms with E-state index in [1.165, 1.54) is 29.5 Å². The van der Waals surface area contributed by atoms with Gasteiger partial charge in [0.05, 0.1) is 16.4 Å². The second-order valence-corrected chi connectivity index (χ2v) is 6.06. The molecule has 1 aromatic heterocycles. The van der Waals surface area contributed by atoms with Crippen LogP contribution in [0.15, 0.2) is 30.3 Å². The van der Waals surface area contributed by atoms with Crippen molar-refractivity contribution in [2.75, 3.05) is 12.3 Å². The highest BCUT2D eigenvalue weighted by Gasteiger charge is 2.19. The molecule has 0 bridgehead atoms.